The number of para-hydroxylation sites is 1. The molecule has 0 fully saturated rings. The lowest BCUT2D eigenvalue weighted by Crippen LogP contribution is -2.28. The molecule has 3 aromatic rings. The zero-order valence-electron chi connectivity index (χ0n) is 12.6. The maximum Gasteiger partial charge on any atom is 0.258 e. The normalized spacial score (nSPS) is 10.4. The van der Waals surface area contributed by atoms with Crippen LogP contribution in [-0.4, -0.2) is 22.7 Å². The van der Waals surface area contributed by atoms with Gasteiger partial charge < -0.3 is 14.6 Å². The van der Waals surface area contributed by atoms with Crippen molar-refractivity contribution in [3.05, 3.63) is 65.0 Å². The number of amides is 1. The van der Waals surface area contributed by atoms with Crippen molar-refractivity contribution >= 4 is 21.8 Å². The third-order valence-electron chi connectivity index (χ3n) is 3.10. The summed E-state index contributed by atoms with van der Waals surface area (Å²) in [7, 11) is 0. The average molecular weight is 388 g/mol. The number of benzene rings is 2. The molecule has 0 atom stereocenters. The molecule has 24 heavy (non-hydrogen) atoms. The smallest absolute Gasteiger partial charge is 0.258 e. The van der Waals surface area contributed by atoms with E-state index in [-0.39, 0.29) is 19.1 Å². The number of halogens is 1. The van der Waals surface area contributed by atoms with Crippen LogP contribution in [0.4, 0.5) is 0 Å². The fourth-order valence-corrected chi connectivity index (χ4v) is 2.36. The van der Waals surface area contributed by atoms with Crippen LogP contribution in [0.5, 0.6) is 5.75 Å². The molecular formula is C17H14BrN3O3. The maximum atomic E-state index is 11.8. The van der Waals surface area contributed by atoms with E-state index in [1.165, 1.54) is 0 Å². The number of rotatable bonds is 6. The van der Waals surface area contributed by atoms with Crippen LogP contribution in [-0.2, 0) is 11.3 Å². The number of ether oxygens (including phenoxy) is 1. The summed E-state index contributed by atoms with van der Waals surface area (Å²) in [5.74, 6) is 1.18. The summed E-state index contributed by atoms with van der Waals surface area (Å²) >= 11 is 3.40. The Balaban J connectivity index is 1.51. The largest absolute Gasteiger partial charge is 0.484 e. The van der Waals surface area contributed by atoms with Crippen LogP contribution >= 0.6 is 15.9 Å². The van der Waals surface area contributed by atoms with Crippen LogP contribution in [0, 0.1) is 0 Å². The molecule has 1 N–H and O–H groups in total. The number of hydrogen-bond donors (Lipinski definition) is 1. The van der Waals surface area contributed by atoms with Crippen molar-refractivity contribution in [1.82, 2.24) is 15.5 Å². The Hall–Kier alpha value is -2.67. The first-order valence-electron chi connectivity index (χ1n) is 7.24. The Morgan fingerprint density at radius 1 is 1.17 bits per heavy atom. The molecule has 0 saturated heterocycles. The maximum absolute atomic E-state index is 11.8. The molecule has 1 heterocycles. The molecule has 6 nitrogen and oxygen atoms in total. The molecule has 7 heteroatoms. The van der Waals surface area contributed by atoms with Crippen LogP contribution in [0.2, 0.25) is 0 Å². The van der Waals surface area contributed by atoms with E-state index < -0.39 is 0 Å². The topological polar surface area (TPSA) is 77.2 Å². The third-order valence-corrected chi connectivity index (χ3v) is 3.59. The van der Waals surface area contributed by atoms with Crippen molar-refractivity contribution in [2.45, 2.75) is 6.54 Å². The lowest BCUT2D eigenvalue weighted by atomic mass is 10.2. The van der Waals surface area contributed by atoms with Crippen LogP contribution in [0.1, 0.15) is 5.89 Å². The molecule has 0 aliphatic carbocycles. The van der Waals surface area contributed by atoms with Gasteiger partial charge in [-0.15, -0.1) is 0 Å². The van der Waals surface area contributed by atoms with Crippen molar-refractivity contribution in [3.63, 3.8) is 0 Å². The predicted octanol–water partition coefficient (Wildman–Crippen LogP) is 3.19. The number of nitrogens with one attached hydrogen (secondary N) is 1. The second kappa shape index (κ2) is 7.74. The number of hydrogen-bond acceptors (Lipinski definition) is 5. The Bertz CT molecular complexity index is 821. The molecule has 0 unspecified atom stereocenters. The van der Waals surface area contributed by atoms with Crippen LogP contribution in [0.3, 0.4) is 0 Å². The van der Waals surface area contributed by atoms with E-state index in [0.29, 0.717) is 17.5 Å². The van der Waals surface area contributed by atoms with E-state index in [1.54, 1.807) is 12.1 Å². The van der Waals surface area contributed by atoms with E-state index in [9.17, 15) is 4.79 Å². The summed E-state index contributed by atoms with van der Waals surface area (Å²) in [5, 5.41) is 6.59. The average Bonchev–Trinajstić information content (AvgIpc) is 3.08. The van der Waals surface area contributed by atoms with Crippen molar-refractivity contribution in [2.75, 3.05) is 6.61 Å². The fourth-order valence-electron chi connectivity index (χ4n) is 1.96. The van der Waals surface area contributed by atoms with Crippen LogP contribution in [0.25, 0.3) is 11.4 Å². The summed E-state index contributed by atoms with van der Waals surface area (Å²) in [6, 6.07) is 16.7. The van der Waals surface area contributed by atoms with Gasteiger partial charge in [-0.25, -0.2) is 0 Å². The van der Waals surface area contributed by atoms with Gasteiger partial charge in [-0.2, -0.15) is 4.98 Å². The highest BCUT2D eigenvalue weighted by Crippen LogP contribution is 2.20. The van der Waals surface area contributed by atoms with Crippen molar-refractivity contribution < 1.29 is 14.1 Å². The summed E-state index contributed by atoms with van der Waals surface area (Å²) < 4.78 is 11.4. The number of carbonyl (C=O) groups is 1. The minimum atomic E-state index is -0.263. The zero-order valence-corrected chi connectivity index (χ0v) is 14.2. The Kier molecular flexibility index (Phi) is 5.22. The Morgan fingerprint density at radius 2 is 2.00 bits per heavy atom. The number of aromatic nitrogens is 2. The van der Waals surface area contributed by atoms with E-state index in [4.69, 9.17) is 9.26 Å². The first-order chi connectivity index (χ1) is 11.7. The molecule has 0 radical (unpaired) electrons. The summed E-state index contributed by atoms with van der Waals surface area (Å²) in [5.41, 5.74) is 0.832. The molecule has 0 spiro atoms. The molecule has 0 aliphatic rings. The molecule has 0 bridgehead atoms. The van der Waals surface area contributed by atoms with Gasteiger partial charge in [0.25, 0.3) is 5.91 Å². The molecule has 1 amide bonds. The molecule has 3 rings (SSSR count). The zero-order chi connectivity index (χ0) is 16.8. The van der Waals surface area contributed by atoms with Crippen LogP contribution in [0.15, 0.2) is 63.6 Å². The molecule has 122 valence electrons. The van der Waals surface area contributed by atoms with Gasteiger partial charge in [0.2, 0.25) is 11.7 Å². The van der Waals surface area contributed by atoms with Gasteiger partial charge in [0.15, 0.2) is 6.61 Å². The lowest BCUT2D eigenvalue weighted by Gasteiger charge is -2.05. The van der Waals surface area contributed by atoms with E-state index in [1.807, 2.05) is 42.5 Å². The van der Waals surface area contributed by atoms with Gasteiger partial charge in [0.1, 0.15) is 5.75 Å². The standard InChI is InChI=1S/C17H14BrN3O3/c18-13-6-4-5-12(9-13)17-20-16(24-21-17)10-19-15(22)11-23-14-7-2-1-3-8-14/h1-9H,10-11H2,(H,19,22). The van der Waals surface area contributed by atoms with Gasteiger partial charge in [0, 0.05) is 10.0 Å². The van der Waals surface area contributed by atoms with E-state index in [0.717, 1.165) is 10.0 Å². The van der Waals surface area contributed by atoms with Gasteiger partial charge in [-0.05, 0) is 24.3 Å². The SMILES string of the molecule is O=C(COc1ccccc1)NCc1nc(-c2cccc(Br)c2)no1. The fraction of sp³-hybridized carbons (Fsp3) is 0.118. The predicted molar refractivity (Wildman–Crippen MR) is 91.2 cm³/mol. The van der Waals surface area contributed by atoms with Crippen molar-refractivity contribution in [3.8, 4) is 17.1 Å². The molecule has 1 aromatic heterocycles. The summed E-state index contributed by atoms with van der Waals surface area (Å²) in [6.45, 7) is 0.0780. The second-order valence-corrected chi connectivity index (χ2v) is 5.82. The van der Waals surface area contributed by atoms with Crippen LogP contribution < -0.4 is 10.1 Å². The Labute approximate surface area is 147 Å². The van der Waals surface area contributed by atoms with Gasteiger partial charge >= 0.3 is 0 Å². The minimum absolute atomic E-state index is 0.0728. The van der Waals surface area contributed by atoms with E-state index in [2.05, 4.69) is 31.4 Å². The lowest BCUT2D eigenvalue weighted by molar-refractivity contribution is -0.123. The molecule has 0 aliphatic heterocycles. The molecule has 0 saturated carbocycles. The molecular weight excluding hydrogens is 374 g/mol. The van der Waals surface area contributed by atoms with Gasteiger partial charge in [-0.1, -0.05) is 51.4 Å². The minimum Gasteiger partial charge on any atom is -0.484 e. The highest BCUT2D eigenvalue weighted by atomic mass is 79.9. The first-order valence-corrected chi connectivity index (χ1v) is 8.03. The quantitative estimate of drug-likeness (QED) is 0.702. The summed E-state index contributed by atoms with van der Waals surface area (Å²) in [6.07, 6.45) is 0. The Morgan fingerprint density at radius 3 is 2.79 bits per heavy atom. The van der Waals surface area contributed by atoms with Crippen molar-refractivity contribution in [1.29, 1.82) is 0 Å². The van der Waals surface area contributed by atoms with E-state index >= 15 is 0 Å². The van der Waals surface area contributed by atoms with Crippen molar-refractivity contribution in [2.24, 2.45) is 0 Å². The number of nitrogens with zero attached hydrogens (tertiary/aromatic N) is 2. The first kappa shape index (κ1) is 16.2. The highest BCUT2D eigenvalue weighted by molar-refractivity contribution is 9.10. The van der Waals surface area contributed by atoms with Gasteiger partial charge in [0.05, 0.1) is 6.54 Å². The van der Waals surface area contributed by atoms with Gasteiger partial charge in [-0.3, -0.25) is 4.79 Å². The molecule has 2 aromatic carbocycles. The third kappa shape index (κ3) is 4.42. The summed E-state index contributed by atoms with van der Waals surface area (Å²) in [4.78, 5) is 16.0. The second-order valence-electron chi connectivity index (χ2n) is 4.90. The number of carbonyl (C=O) groups excluding carboxylic acids is 1. The highest BCUT2D eigenvalue weighted by Gasteiger charge is 2.10. The monoisotopic (exact) mass is 387 g/mol.